The Kier molecular flexibility index (Phi) is 5.82. The van der Waals surface area contributed by atoms with E-state index < -0.39 is 26.1 Å². The fourth-order valence-corrected chi connectivity index (χ4v) is 6.43. The molecular formula is C20H18ClN3O4S3. The lowest BCUT2D eigenvalue weighted by molar-refractivity contribution is 0.375. The van der Waals surface area contributed by atoms with Crippen LogP contribution in [-0.4, -0.2) is 33.2 Å². The molecule has 31 heavy (non-hydrogen) atoms. The van der Waals surface area contributed by atoms with Crippen molar-refractivity contribution in [2.24, 2.45) is 5.10 Å². The Morgan fingerprint density at radius 3 is 2.42 bits per heavy atom. The van der Waals surface area contributed by atoms with Crippen molar-refractivity contribution in [3.05, 3.63) is 81.5 Å². The topological polar surface area (TPSA) is 95.9 Å². The number of thiophene rings is 1. The molecule has 2 heterocycles. The molecule has 4 rings (SSSR count). The van der Waals surface area contributed by atoms with Crippen molar-refractivity contribution in [3.63, 3.8) is 0 Å². The van der Waals surface area contributed by atoms with E-state index in [-0.39, 0.29) is 4.90 Å². The number of rotatable bonds is 6. The van der Waals surface area contributed by atoms with Gasteiger partial charge in [0.15, 0.2) is 0 Å². The molecule has 0 amide bonds. The molecule has 0 spiro atoms. The Labute approximate surface area is 190 Å². The minimum absolute atomic E-state index is 0.0688. The van der Waals surface area contributed by atoms with Crippen LogP contribution in [0.15, 0.2) is 76.0 Å². The standard InChI is InChI=1S/C20H18ClN3O4S3/c1-30(25,26)23-16-9-7-14(8-10-16)18-13-19(20-6-3-11-29-20)24(22-18)31(27,28)17-5-2-4-15(21)12-17/h2-12,19,23H,13H2,1H3. The van der Waals surface area contributed by atoms with E-state index in [4.69, 9.17) is 11.6 Å². The van der Waals surface area contributed by atoms with Gasteiger partial charge in [0, 0.05) is 22.0 Å². The highest BCUT2D eigenvalue weighted by Crippen LogP contribution is 2.39. The summed E-state index contributed by atoms with van der Waals surface area (Å²) < 4.78 is 53.1. The molecule has 0 fully saturated rings. The molecule has 0 aliphatic carbocycles. The summed E-state index contributed by atoms with van der Waals surface area (Å²) in [4.78, 5) is 0.943. The molecule has 1 aliphatic rings. The molecule has 1 aromatic heterocycles. The largest absolute Gasteiger partial charge is 0.284 e. The SMILES string of the molecule is CS(=O)(=O)Nc1ccc(C2=NN(S(=O)(=O)c3cccc(Cl)c3)C(c3cccs3)C2)cc1. The van der Waals surface area contributed by atoms with Crippen LogP contribution < -0.4 is 4.72 Å². The summed E-state index contributed by atoms with van der Waals surface area (Å²) in [7, 11) is -7.32. The average molecular weight is 496 g/mol. The number of benzene rings is 2. The van der Waals surface area contributed by atoms with Crippen molar-refractivity contribution < 1.29 is 16.8 Å². The van der Waals surface area contributed by atoms with E-state index in [0.29, 0.717) is 28.4 Å². The Hall–Kier alpha value is -2.40. The van der Waals surface area contributed by atoms with E-state index in [0.717, 1.165) is 15.5 Å². The van der Waals surface area contributed by atoms with Gasteiger partial charge in [0.1, 0.15) is 6.04 Å². The second-order valence-corrected chi connectivity index (χ2v) is 11.9. The monoisotopic (exact) mass is 495 g/mol. The third-order valence-corrected chi connectivity index (χ3v) is 8.10. The van der Waals surface area contributed by atoms with Crippen molar-refractivity contribution >= 4 is 54.4 Å². The van der Waals surface area contributed by atoms with Crippen LogP contribution in [0.1, 0.15) is 22.9 Å². The summed E-state index contributed by atoms with van der Waals surface area (Å²) >= 11 is 7.48. The first-order valence-electron chi connectivity index (χ1n) is 9.12. The van der Waals surface area contributed by atoms with Crippen LogP contribution in [0, 0.1) is 0 Å². The summed E-state index contributed by atoms with van der Waals surface area (Å²) in [5, 5.41) is 6.68. The molecule has 1 atom stereocenters. The van der Waals surface area contributed by atoms with Gasteiger partial charge in [-0.3, -0.25) is 4.72 Å². The molecule has 0 saturated carbocycles. The van der Waals surface area contributed by atoms with Crippen LogP contribution in [0.5, 0.6) is 0 Å². The highest BCUT2D eigenvalue weighted by Gasteiger charge is 2.38. The first-order valence-corrected chi connectivity index (χ1v) is 13.7. The van der Waals surface area contributed by atoms with Gasteiger partial charge in [-0.1, -0.05) is 35.9 Å². The number of halogens is 1. The van der Waals surface area contributed by atoms with Gasteiger partial charge in [-0.15, -0.1) is 11.3 Å². The predicted octanol–water partition coefficient (Wildman–Crippen LogP) is 4.31. The first kappa shape index (κ1) is 21.8. The maximum Gasteiger partial charge on any atom is 0.279 e. The fraction of sp³-hybridized carbons (Fsp3) is 0.150. The third-order valence-electron chi connectivity index (χ3n) is 4.61. The third kappa shape index (κ3) is 4.77. The average Bonchev–Trinajstić information content (AvgIpc) is 3.37. The summed E-state index contributed by atoms with van der Waals surface area (Å²) in [5.41, 5.74) is 1.72. The number of hydrazone groups is 1. The van der Waals surface area contributed by atoms with Crippen molar-refractivity contribution in [3.8, 4) is 0 Å². The zero-order chi connectivity index (χ0) is 22.2. The molecule has 0 bridgehead atoms. The molecule has 0 radical (unpaired) electrons. The fourth-order valence-electron chi connectivity index (χ4n) is 3.26. The van der Waals surface area contributed by atoms with Gasteiger partial charge in [-0.2, -0.15) is 17.9 Å². The van der Waals surface area contributed by atoms with Crippen molar-refractivity contribution in [1.29, 1.82) is 0 Å². The van der Waals surface area contributed by atoms with E-state index in [1.807, 2.05) is 17.5 Å². The van der Waals surface area contributed by atoms with Gasteiger partial charge in [0.05, 0.1) is 16.9 Å². The molecule has 3 aromatic rings. The molecular weight excluding hydrogens is 478 g/mol. The summed E-state index contributed by atoms with van der Waals surface area (Å²) in [5.74, 6) is 0. The first-order chi connectivity index (χ1) is 14.6. The quantitative estimate of drug-likeness (QED) is 0.551. The number of hydrogen-bond acceptors (Lipinski definition) is 6. The van der Waals surface area contributed by atoms with E-state index in [1.165, 1.54) is 23.5 Å². The number of sulfonamides is 2. The Balaban J connectivity index is 1.72. The normalized spacial score (nSPS) is 16.9. The van der Waals surface area contributed by atoms with Gasteiger partial charge in [0.2, 0.25) is 10.0 Å². The second-order valence-electron chi connectivity index (χ2n) is 6.97. The molecule has 11 heteroatoms. The lowest BCUT2D eigenvalue weighted by Crippen LogP contribution is -2.26. The smallest absolute Gasteiger partial charge is 0.279 e. The minimum Gasteiger partial charge on any atom is -0.284 e. The number of hydrogen-bond donors (Lipinski definition) is 1. The number of anilines is 1. The molecule has 1 N–H and O–H groups in total. The lowest BCUT2D eigenvalue weighted by atomic mass is 10.0. The lowest BCUT2D eigenvalue weighted by Gasteiger charge is -2.22. The van der Waals surface area contributed by atoms with Gasteiger partial charge >= 0.3 is 0 Å². The maximum atomic E-state index is 13.4. The van der Waals surface area contributed by atoms with Crippen LogP contribution in [0.25, 0.3) is 0 Å². The highest BCUT2D eigenvalue weighted by molar-refractivity contribution is 7.92. The minimum atomic E-state index is -3.93. The molecule has 1 aliphatic heterocycles. The Morgan fingerprint density at radius 1 is 1.06 bits per heavy atom. The van der Waals surface area contributed by atoms with E-state index in [1.54, 1.807) is 36.4 Å². The van der Waals surface area contributed by atoms with Crippen LogP contribution in [0.3, 0.4) is 0 Å². The molecule has 162 valence electrons. The Morgan fingerprint density at radius 2 is 1.81 bits per heavy atom. The van der Waals surface area contributed by atoms with E-state index in [2.05, 4.69) is 9.82 Å². The summed E-state index contributed by atoms with van der Waals surface area (Å²) in [6.07, 6.45) is 1.46. The molecule has 0 saturated heterocycles. The van der Waals surface area contributed by atoms with Crippen molar-refractivity contribution in [2.45, 2.75) is 17.4 Å². The van der Waals surface area contributed by atoms with Gasteiger partial charge in [0.25, 0.3) is 10.0 Å². The maximum absolute atomic E-state index is 13.4. The van der Waals surface area contributed by atoms with Gasteiger partial charge < -0.3 is 0 Å². The van der Waals surface area contributed by atoms with Gasteiger partial charge in [-0.25, -0.2) is 8.42 Å². The summed E-state index contributed by atoms with van der Waals surface area (Å²) in [6.45, 7) is 0. The zero-order valence-corrected chi connectivity index (χ0v) is 19.5. The zero-order valence-electron chi connectivity index (χ0n) is 16.3. The molecule has 7 nitrogen and oxygen atoms in total. The van der Waals surface area contributed by atoms with Crippen LogP contribution in [-0.2, 0) is 20.0 Å². The predicted molar refractivity (Wildman–Crippen MR) is 124 cm³/mol. The van der Waals surface area contributed by atoms with Crippen molar-refractivity contribution in [1.82, 2.24) is 4.41 Å². The number of nitrogens with one attached hydrogen (secondary N) is 1. The summed E-state index contributed by atoms with van der Waals surface area (Å²) in [6, 6.07) is 16.0. The second kappa shape index (κ2) is 8.27. The Bertz CT molecular complexity index is 1340. The molecule has 2 aromatic carbocycles. The van der Waals surface area contributed by atoms with Crippen LogP contribution in [0.4, 0.5) is 5.69 Å². The van der Waals surface area contributed by atoms with Crippen LogP contribution >= 0.6 is 22.9 Å². The van der Waals surface area contributed by atoms with Gasteiger partial charge in [-0.05, 0) is 47.3 Å². The highest BCUT2D eigenvalue weighted by atomic mass is 35.5. The van der Waals surface area contributed by atoms with Crippen molar-refractivity contribution in [2.75, 3.05) is 11.0 Å². The number of nitrogens with zero attached hydrogens (tertiary/aromatic N) is 2. The van der Waals surface area contributed by atoms with E-state index >= 15 is 0 Å². The van der Waals surface area contributed by atoms with Crippen LogP contribution in [0.2, 0.25) is 5.02 Å². The van der Waals surface area contributed by atoms with E-state index in [9.17, 15) is 16.8 Å². The molecule has 1 unspecified atom stereocenters.